The topological polar surface area (TPSA) is 84.5 Å². The Kier molecular flexibility index (Phi) is 5.68. The number of hydrogen-bond acceptors (Lipinski definition) is 4. The number of methoxy groups -OCH3 is 1. The Hall–Kier alpha value is -3.15. The zero-order chi connectivity index (χ0) is 17.5. The lowest BCUT2D eigenvalue weighted by molar-refractivity contribution is -0.143. The van der Waals surface area contributed by atoms with Gasteiger partial charge >= 0.3 is 5.97 Å². The molecule has 6 nitrogen and oxygen atoms in total. The summed E-state index contributed by atoms with van der Waals surface area (Å²) in [5.74, 6) is -1.24. The third-order valence-electron chi connectivity index (χ3n) is 3.29. The summed E-state index contributed by atoms with van der Waals surface area (Å²) in [6, 6.07) is 14.4. The SMILES string of the molecule is COC(=O)C(NC(=O)c1cccc(NC(C)=O)c1)c1ccccc1. The van der Waals surface area contributed by atoms with Crippen LogP contribution >= 0.6 is 0 Å². The van der Waals surface area contributed by atoms with Gasteiger partial charge in [0.1, 0.15) is 0 Å². The van der Waals surface area contributed by atoms with E-state index in [1.807, 2.05) is 6.07 Å². The molecule has 0 bridgehead atoms. The summed E-state index contributed by atoms with van der Waals surface area (Å²) in [5.41, 5.74) is 1.45. The molecule has 0 spiro atoms. The second-order valence-electron chi connectivity index (χ2n) is 5.10. The van der Waals surface area contributed by atoms with Crippen molar-refractivity contribution in [1.82, 2.24) is 5.32 Å². The maximum absolute atomic E-state index is 12.5. The molecule has 0 aliphatic heterocycles. The Morgan fingerprint density at radius 2 is 1.71 bits per heavy atom. The van der Waals surface area contributed by atoms with Crippen molar-refractivity contribution in [3.8, 4) is 0 Å². The van der Waals surface area contributed by atoms with Crippen LogP contribution in [0.25, 0.3) is 0 Å². The molecular formula is C18H18N2O4. The molecule has 0 aromatic heterocycles. The molecule has 2 N–H and O–H groups in total. The van der Waals surface area contributed by atoms with Gasteiger partial charge in [-0.15, -0.1) is 0 Å². The zero-order valence-corrected chi connectivity index (χ0v) is 13.4. The number of esters is 1. The largest absolute Gasteiger partial charge is 0.467 e. The van der Waals surface area contributed by atoms with Crippen LogP contribution in [0.1, 0.15) is 28.9 Å². The first-order valence-corrected chi connectivity index (χ1v) is 7.32. The summed E-state index contributed by atoms with van der Waals surface area (Å²) in [6.07, 6.45) is 0. The van der Waals surface area contributed by atoms with Gasteiger partial charge in [0.25, 0.3) is 5.91 Å². The molecule has 1 unspecified atom stereocenters. The highest BCUT2D eigenvalue weighted by Crippen LogP contribution is 2.16. The summed E-state index contributed by atoms with van der Waals surface area (Å²) in [6.45, 7) is 1.38. The van der Waals surface area contributed by atoms with Crippen LogP contribution in [0.2, 0.25) is 0 Å². The van der Waals surface area contributed by atoms with Crippen LogP contribution in [0.15, 0.2) is 54.6 Å². The lowest BCUT2D eigenvalue weighted by Crippen LogP contribution is -2.34. The summed E-state index contributed by atoms with van der Waals surface area (Å²) in [4.78, 5) is 35.6. The molecule has 0 aliphatic rings. The minimum Gasteiger partial charge on any atom is -0.467 e. The maximum atomic E-state index is 12.5. The highest BCUT2D eigenvalue weighted by atomic mass is 16.5. The molecule has 0 heterocycles. The van der Waals surface area contributed by atoms with Crippen molar-refractivity contribution in [2.45, 2.75) is 13.0 Å². The third-order valence-corrected chi connectivity index (χ3v) is 3.29. The maximum Gasteiger partial charge on any atom is 0.333 e. The molecule has 2 aromatic rings. The fourth-order valence-electron chi connectivity index (χ4n) is 2.20. The standard InChI is InChI=1S/C18H18N2O4/c1-12(21)19-15-10-6-9-14(11-15)17(22)20-16(18(23)24-2)13-7-4-3-5-8-13/h3-11,16H,1-2H3,(H,19,21)(H,20,22). The predicted molar refractivity (Wildman–Crippen MR) is 89.4 cm³/mol. The van der Waals surface area contributed by atoms with E-state index in [0.29, 0.717) is 16.8 Å². The number of ether oxygens (including phenoxy) is 1. The fourth-order valence-corrected chi connectivity index (χ4v) is 2.20. The molecule has 2 rings (SSSR count). The first-order chi connectivity index (χ1) is 11.5. The minimum absolute atomic E-state index is 0.232. The van der Waals surface area contributed by atoms with Crippen LogP contribution in [-0.2, 0) is 14.3 Å². The van der Waals surface area contributed by atoms with Crippen molar-refractivity contribution < 1.29 is 19.1 Å². The predicted octanol–water partition coefficient (Wildman–Crippen LogP) is 2.29. The van der Waals surface area contributed by atoms with E-state index in [4.69, 9.17) is 4.74 Å². The number of anilines is 1. The van der Waals surface area contributed by atoms with E-state index in [0.717, 1.165) is 0 Å². The molecule has 0 aliphatic carbocycles. The van der Waals surface area contributed by atoms with E-state index >= 15 is 0 Å². The normalized spacial score (nSPS) is 11.2. The van der Waals surface area contributed by atoms with E-state index in [1.54, 1.807) is 42.5 Å². The van der Waals surface area contributed by atoms with E-state index in [1.165, 1.54) is 20.1 Å². The van der Waals surface area contributed by atoms with Crippen molar-refractivity contribution in [2.75, 3.05) is 12.4 Å². The van der Waals surface area contributed by atoms with Crippen LogP contribution in [-0.4, -0.2) is 24.9 Å². The first-order valence-electron chi connectivity index (χ1n) is 7.32. The lowest BCUT2D eigenvalue weighted by Gasteiger charge is -2.17. The summed E-state index contributed by atoms with van der Waals surface area (Å²) in [5, 5.41) is 5.26. The van der Waals surface area contributed by atoms with Gasteiger partial charge in [-0.25, -0.2) is 4.79 Å². The van der Waals surface area contributed by atoms with Crippen molar-refractivity contribution in [1.29, 1.82) is 0 Å². The molecular weight excluding hydrogens is 308 g/mol. The smallest absolute Gasteiger partial charge is 0.333 e. The Morgan fingerprint density at radius 1 is 1.00 bits per heavy atom. The Labute approximate surface area is 139 Å². The van der Waals surface area contributed by atoms with E-state index in [2.05, 4.69) is 10.6 Å². The number of amides is 2. The number of carbonyl (C=O) groups excluding carboxylic acids is 3. The number of nitrogens with one attached hydrogen (secondary N) is 2. The van der Waals surface area contributed by atoms with Gasteiger partial charge in [-0.05, 0) is 23.8 Å². The summed E-state index contributed by atoms with van der Waals surface area (Å²) >= 11 is 0. The van der Waals surface area contributed by atoms with Gasteiger partial charge in [0.15, 0.2) is 6.04 Å². The van der Waals surface area contributed by atoms with E-state index in [-0.39, 0.29) is 5.91 Å². The number of benzene rings is 2. The van der Waals surface area contributed by atoms with E-state index in [9.17, 15) is 14.4 Å². The van der Waals surface area contributed by atoms with Gasteiger partial charge in [0.05, 0.1) is 7.11 Å². The average Bonchev–Trinajstić information content (AvgIpc) is 2.59. The molecule has 6 heteroatoms. The Balaban J connectivity index is 2.22. The van der Waals surface area contributed by atoms with Crippen molar-refractivity contribution in [3.05, 3.63) is 65.7 Å². The lowest BCUT2D eigenvalue weighted by atomic mass is 10.1. The molecule has 2 aromatic carbocycles. The minimum atomic E-state index is -0.909. The van der Waals surface area contributed by atoms with Crippen LogP contribution in [0.5, 0.6) is 0 Å². The Morgan fingerprint density at radius 3 is 2.33 bits per heavy atom. The highest BCUT2D eigenvalue weighted by Gasteiger charge is 2.24. The van der Waals surface area contributed by atoms with Gasteiger partial charge < -0.3 is 15.4 Å². The number of hydrogen-bond donors (Lipinski definition) is 2. The molecule has 24 heavy (non-hydrogen) atoms. The molecule has 124 valence electrons. The zero-order valence-electron chi connectivity index (χ0n) is 13.4. The van der Waals surface area contributed by atoms with Gasteiger partial charge in [0.2, 0.25) is 5.91 Å². The van der Waals surface area contributed by atoms with Crippen molar-refractivity contribution in [3.63, 3.8) is 0 Å². The molecule has 1 atom stereocenters. The number of carbonyl (C=O) groups is 3. The average molecular weight is 326 g/mol. The van der Waals surface area contributed by atoms with Gasteiger partial charge in [-0.1, -0.05) is 36.4 Å². The molecule has 2 amide bonds. The molecule has 0 saturated heterocycles. The first kappa shape index (κ1) is 17.2. The number of rotatable bonds is 5. The molecule has 0 saturated carbocycles. The fraction of sp³-hybridized carbons (Fsp3) is 0.167. The second-order valence-corrected chi connectivity index (χ2v) is 5.10. The van der Waals surface area contributed by atoms with Crippen LogP contribution in [0, 0.1) is 0 Å². The Bertz CT molecular complexity index is 744. The van der Waals surface area contributed by atoms with E-state index < -0.39 is 17.9 Å². The summed E-state index contributed by atoms with van der Waals surface area (Å²) in [7, 11) is 1.27. The van der Waals surface area contributed by atoms with Crippen LogP contribution < -0.4 is 10.6 Å². The quantitative estimate of drug-likeness (QED) is 0.826. The third kappa shape index (κ3) is 4.42. The summed E-state index contributed by atoms with van der Waals surface area (Å²) < 4.78 is 4.77. The monoisotopic (exact) mass is 326 g/mol. The van der Waals surface area contributed by atoms with Gasteiger partial charge in [-0.2, -0.15) is 0 Å². The van der Waals surface area contributed by atoms with Crippen LogP contribution in [0.4, 0.5) is 5.69 Å². The molecule has 0 radical (unpaired) electrons. The highest BCUT2D eigenvalue weighted by molar-refractivity contribution is 5.98. The van der Waals surface area contributed by atoms with Crippen LogP contribution in [0.3, 0.4) is 0 Å². The van der Waals surface area contributed by atoms with Crippen molar-refractivity contribution in [2.24, 2.45) is 0 Å². The van der Waals surface area contributed by atoms with Gasteiger partial charge in [0, 0.05) is 18.2 Å². The van der Waals surface area contributed by atoms with Crippen molar-refractivity contribution >= 4 is 23.5 Å². The second kappa shape index (κ2) is 7.92. The molecule has 0 fully saturated rings. The van der Waals surface area contributed by atoms with Gasteiger partial charge in [-0.3, -0.25) is 9.59 Å².